The van der Waals surface area contributed by atoms with Crippen LogP contribution in [0.5, 0.6) is 0 Å². The fourth-order valence-electron chi connectivity index (χ4n) is 3.18. The number of fused-ring (bicyclic) bond motifs is 1. The zero-order chi connectivity index (χ0) is 13.4. The normalized spacial score (nSPS) is 22.4. The van der Waals surface area contributed by atoms with Gasteiger partial charge in [-0.2, -0.15) is 0 Å². The highest BCUT2D eigenvalue weighted by Crippen LogP contribution is 2.38. The van der Waals surface area contributed by atoms with Gasteiger partial charge < -0.3 is 10.6 Å². The van der Waals surface area contributed by atoms with E-state index in [0.717, 1.165) is 55.6 Å². The Bertz CT molecular complexity index is 518. The molecule has 1 aliphatic heterocycles. The lowest BCUT2D eigenvalue weighted by molar-refractivity contribution is -0.384. The number of nitro groups is 1. The number of hydrogen-bond acceptors (Lipinski definition) is 5. The first-order valence-electron chi connectivity index (χ1n) is 6.82. The van der Waals surface area contributed by atoms with Crippen molar-refractivity contribution in [1.82, 2.24) is 4.98 Å². The van der Waals surface area contributed by atoms with E-state index in [1.807, 2.05) is 0 Å². The van der Waals surface area contributed by atoms with Crippen LogP contribution in [0.2, 0.25) is 0 Å². The van der Waals surface area contributed by atoms with E-state index >= 15 is 0 Å². The first kappa shape index (κ1) is 12.3. The molecule has 0 radical (unpaired) electrons. The molecule has 0 aromatic carbocycles. The second-order valence-electron chi connectivity index (χ2n) is 5.38. The van der Waals surface area contributed by atoms with E-state index in [0.29, 0.717) is 6.54 Å². The Morgan fingerprint density at radius 1 is 1.42 bits per heavy atom. The maximum absolute atomic E-state index is 11.3. The highest BCUT2D eigenvalue weighted by atomic mass is 16.6. The maximum Gasteiger partial charge on any atom is 0.310 e. The lowest BCUT2D eigenvalue weighted by Gasteiger charge is -2.33. The number of aryl methyl sites for hydroxylation is 1. The van der Waals surface area contributed by atoms with Crippen molar-refractivity contribution in [2.45, 2.75) is 38.1 Å². The first-order valence-corrected chi connectivity index (χ1v) is 6.82. The van der Waals surface area contributed by atoms with Crippen LogP contribution >= 0.6 is 0 Å². The molecule has 2 N–H and O–H groups in total. The van der Waals surface area contributed by atoms with E-state index in [1.54, 1.807) is 0 Å². The third kappa shape index (κ3) is 2.16. The summed E-state index contributed by atoms with van der Waals surface area (Å²) in [5, 5.41) is 11.3. The van der Waals surface area contributed by atoms with Crippen LogP contribution in [0.4, 0.5) is 11.4 Å². The molecule has 3 rings (SSSR count). The fraction of sp³-hybridized carbons (Fsp3) is 0.615. The van der Waals surface area contributed by atoms with Gasteiger partial charge in [0.05, 0.1) is 4.92 Å². The molecule has 1 atom stereocenters. The highest BCUT2D eigenvalue weighted by Gasteiger charge is 2.30. The Hall–Kier alpha value is -1.69. The molecule has 1 aromatic heterocycles. The van der Waals surface area contributed by atoms with E-state index < -0.39 is 0 Å². The molecule has 2 heterocycles. The quantitative estimate of drug-likeness (QED) is 0.643. The molecule has 1 saturated heterocycles. The second-order valence-corrected chi connectivity index (χ2v) is 5.38. The summed E-state index contributed by atoms with van der Waals surface area (Å²) in [6.07, 6.45) is 6.27. The summed E-state index contributed by atoms with van der Waals surface area (Å²) < 4.78 is 0. The van der Waals surface area contributed by atoms with Gasteiger partial charge in [0.2, 0.25) is 0 Å². The predicted octanol–water partition coefficient (Wildman–Crippen LogP) is 1.41. The minimum Gasteiger partial charge on any atom is -0.364 e. The van der Waals surface area contributed by atoms with Crippen molar-refractivity contribution in [3.63, 3.8) is 0 Å². The number of hydrogen-bond donors (Lipinski definition) is 1. The van der Waals surface area contributed by atoms with Crippen molar-refractivity contribution in [2.75, 3.05) is 18.0 Å². The summed E-state index contributed by atoms with van der Waals surface area (Å²) in [5.74, 6) is 0. The van der Waals surface area contributed by atoms with E-state index in [1.165, 1.54) is 6.20 Å². The van der Waals surface area contributed by atoms with E-state index in [-0.39, 0.29) is 16.7 Å². The second kappa shape index (κ2) is 4.77. The van der Waals surface area contributed by atoms with E-state index in [4.69, 9.17) is 5.73 Å². The van der Waals surface area contributed by atoms with Crippen LogP contribution in [0, 0.1) is 10.1 Å². The molecule has 102 valence electrons. The van der Waals surface area contributed by atoms with Crippen molar-refractivity contribution in [3.05, 3.63) is 27.6 Å². The van der Waals surface area contributed by atoms with E-state index in [9.17, 15) is 10.1 Å². The smallest absolute Gasteiger partial charge is 0.310 e. The minimum atomic E-state index is -0.318. The number of rotatable bonds is 2. The summed E-state index contributed by atoms with van der Waals surface area (Å²) in [7, 11) is 0. The van der Waals surface area contributed by atoms with Crippen molar-refractivity contribution in [1.29, 1.82) is 0 Å². The molecule has 0 saturated carbocycles. The van der Waals surface area contributed by atoms with Gasteiger partial charge in [0.15, 0.2) is 0 Å². The van der Waals surface area contributed by atoms with Crippen LogP contribution in [-0.2, 0) is 12.8 Å². The Morgan fingerprint density at radius 2 is 2.26 bits per heavy atom. The zero-order valence-corrected chi connectivity index (χ0v) is 10.8. The van der Waals surface area contributed by atoms with Gasteiger partial charge in [-0.15, -0.1) is 0 Å². The molecule has 0 amide bonds. The molecule has 1 aromatic rings. The molecule has 0 bridgehead atoms. The molecule has 6 heteroatoms. The van der Waals surface area contributed by atoms with Crippen molar-refractivity contribution in [2.24, 2.45) is 5.73 Å². The molecule has 0 unspecified atom stereocenters. The lowest BCUT2D eigenvalue weighted by Crippen LogP contribution is -2.43. The third-order valence-corrected chi connectivity index (χ3v) is 4.03. The first-order chi connectivity index (χ1) is 9.16. The molecular weight excluding hydrogens is 244 g/mol. The van der Waals surface area contributed by atoms with Gasteiger partial charge in [-0.3, -0.25) is 15.1 Å². The lowest BCUT2D eigenvalue weighted by atomic mass is 10.0. The molecule has 1 fully saturated rings. The average Bonchev–Trinajstić information content (AvgIpc) is 2.85. The van der Waals surface area contributed by atoms with Crippen LogP contribution < -0.4 is 10.6 Å². The van der Waals surface area contributed by atoms with Gasteiger partial charge in [0.25, 0.3) is 0 Å². The Balaban J connectivity index is 2.06. The average molecular weight is 262 g/mol. The Morgan fingerprint density at radius 3 is 3.00 bits per heavy atom. The summed E-state index contributed by atoms with van der Waals surface area (Å²) in [4.78, 5) is 17.3. The van der Waals surface area contributed by atoms with Crippen LogP contribution in [-0.4, -0.2) is 29.0 Å². The number of nitrogens with two attached hydrogens (primary N) is 1. The molecule has 19 heavy (non-hydrogen) atoms. The van der Waals surface area contributed by atoms with Crippen LogP contribution in [0.1, 0.15) is 30.5 Å². The summed E-state index contributed by atoms with van der Waals surface area (Å²) >= 11 is 0. The van der Waals surface area contributed by atoms with Crippen LogP contribution in [0.15, 0.2) is 6.20 Å². The largest absolute Gasteiger partial charge is 0.364 e. The molecule has 6 nitrogen and oxygen atoms in total. The SMILES string of the molecule is N[C@H]1CCCN(c2c([N+](=O)[O-])cnc3c2CCC3)C1. The number of anilines is 1. The predicted molar refractivity (Wildman–Crippen MR) is 72.3 cm³/mol. The molecule has 1 aliphatic carbocycles. The van der Waals surface area contributed by atoms with Gasteiger partial charge >= 0.3 is 5.69 Å². The standard InChI is InChI=1S/C13H18N4O2/c14-9-3-2-6-16(8-9)13-10-4-1-5-11(10)15-7-12(13)17(18)19/h7,9H,1-6,8,14H2/t9-/m0/s1. The highest BCUT2D eigenvalue weighted by molar-refractivity contribution is 5.69. The van der Waals surface area contributed by atoms with Crippen LogP contribution in [0.3, 0.4) is 0 Å². The van der Waals surface area contributed by atoms with Crippen molar-refractivity contribution in [3.8, 4) is 0 Å². The fourth-order valence-corrected chi connectivity index (χ4v) is 3.18. The minimum absolute atomic E-state index is 0.110. The Kier molecular flexibility index (Phi) is 3.10. The third-order valence-electron chi connectivity index (χ3n) is 4.03. The van der Waals surface area contributed by atoms with Gasteiger partial charge in [-0.1, -0.05) is 0 Å². The maximum atomic E-state index is 11.3. The topological polar surface area (TPSA) is 85.3 Å². The van der Waals surface area contributed by atoms with Crippen molar-refractivity contribution >= 4 is 11.4 Å². The van der Waals surface area contributed by atoms with Gasteiger partial charge in [-0.25, -0.2) is 0 Å². The number of aromatic nitrogens is 1. The van der Waals surface area contributed by atoms with Gasteiger partial charge in [0.1, 0.15) is 11.9 Å². The summed E-state index contributed by atoms with van der Waals surface area (Å²) in [6.45, 7) is 1.56. The monoisotopic (exact) mass is 262 g/mol. The number of pyridine rings is 1. The molecule has 2 aliphatic rings. The Labute approximate surface area is 111 Å². The summed E-state index contributed by atoms with van der Waals surface area (Å²) in [6, 6.07) is 0.110. The molecule has 0 spiro atoms. The number of nitrogens with zero attached hydrogens (tertiary/aromatic N) is 3. The zero-order valence-electron chi connectivity index (χ0n) is 10.8. The van der Waals surface area contributed by atoms with Crippen molar-refractivity contribution < 1.29 is 4.92 Å². The van der Waals surface area contributed by atoms with Gasteiger partial charge in [-0.05, 0) is 32.1 Å². The van der Waals surface area contributed by atoms with Crippen LogP contribution in [0.25, 0.3) is 0 Å². The van der Waals surface area contributed by atoms with Gasteiger partial charge in [0, 0.05) is 30.4 Å². The van der Waals surface area contributed by atoms with E-state index in [2.05, 4.69) is 9.88 Å². The number of piperidine rings is 1. The summed E-state index contributed by atoms with van der Waals surface area (Å²) in [5.41, 5.74) is 9.02. The molecular formula is C13H18N4O2.